The van der Waals surface area contributed by atoms with Crippen LogP contribution in [0.1, 0.15) is 0 Å². The molecule has 0 fully saturated rings. The second-order valence-electron chi connectivity index (χ2n) is 9.93. The first kappa shape index (κ1) is 21.0. The van der Waals surface area contributed by atoms with Crippen molar-refractivity contribution in [2.24, 2.45) is 0 Å². The number of rotatable bonds is 3. The van der Waals surface area contributed by atoms with Crippen LogP contribution < -0.4 is 0 Å². The molecular formula is C36H24N2. The molecule has 1 N–H and O–H groups in total. The predicted molar refractivity (Wildman–Crippen MR) is 161 cm³/mol. The highest BCUT2D eigenvalue weighted by Crippen LogP contribution is 2.36. The highest BCUT2D eigenvalue weighted by Gasteiger charge is 2.13. The van der Waals surface area contributed by atoms with Crippen LogP contribution in [0.15, 0.2) is 140 Å². The molecule has 2 heteroatoms. The quantitative estimate of drug-likeness (QED) is 0.258. The number of fused-ring (bicyclic) bond motifs is 6. The number of hydrogen-bond donors (Lipinski definition) is 1. The SMILES string of the molecule is c1ccc(-c2cccc(-c3ccc4[nH]c5ccc(-n6c7ccccc7c7ccccc76)cc5c4c3)c2)cc1. The number of hydrogen-bond acceptors (Lipinski definition) is 0. The predicted octanol–water partition coefficient (Wildman–Crippen LogP) is 9.75. The second-order valence-corrected chi connectivity index (χ2v) is 9.93. The van der Waals surface area contributed by atoms with E-state index in [1.807, 2.05) is 0 Å². The van der Waals surface area contributed by atoms with Crippen LogP contribution in [0, 0.1) is 0 Å². The molecule has 8 rings (SSSR count). The minimum absolute atomic E-state index is 1.15. The number of aromatic amines is 1. The maximum absolute atomic E-state index is 3.63. The summed E-state index contributed by atoms with van der Waals surface area (Å²) in [4.78, 5) is 3.63. The summed E-state index contributed by atoms with van der Waals surface area (Å²) in [5.41, 5.74) is 10.8. The van der Waals surface area contributed by atoms with E-state index < -0.39 is 0 Å². The van der Waals surface area contributed by atoms with Gasteiger partial charge in [-0.1, -0.05) is 91.0 Å². The fourth-order valence-corrected chi connectivity index (χ4v) is 5.91. The standard InChI is InChI=1S/C36H24N2/c1-2-9-24(10-3-1)25-11-8-12-26(21-25)27-17-19-33-31(22-27)32-23-28(18-20-34(32)37-33)38-35-15-6-4-13-29(35)30-14-5-7-16-36(30)38/h1-23,37H. The van der Waals surface area contributed by atoms with Gasteiger partial charge >= 0.3 is 0 Å². The molecule has 0 saturated carbocycles. The Labute approximate surface area is 220 Å². The summed E-state index contributed by atoms with van der Waals surface area (Å²) in [6.45, 7) is 0. The zero-order valence-corrected chi connectivity index (χ0v) is 20.7. The van der Waals surface area contributed by atoms with Crippen LogP contribution in [0.3, 0.4) is 0 Å². The van der Waals surface area contributed by atoms with Gasteiger partial charge in [0.05, 0.1) is 11.0 Å². The Balaban J connectivity index is 1.32. The van der Waals surface area contributed by atoms with Crippen molar-refractivity contribution in [2.75, 3.05) is 0 Å². The zero-order valence-electron chi connectivity index (χ0n) is 20.7. The van der Waals surface area contributed by atoms with Crippen molar-refractivity contribution >= 4 is 43.6 Å². The molecule has 0 bridgehead atoms. The lowest BCUT2D eigenvalue weighted by Crippen LogP contribution is -1.93. The van der Waals surface area contributed by atoms with E-state index in [9.17, 15) is 0 Å². The molecule has 0 aliphatic rings. The molecule has 0 aliphatic heterocycles. The molecular weight excluding hydrogens is 460 g/mol. The molecule has 8 aromatic rings. The van der Waals surface area contributed by atoms with Gasteiger partial charge in [0.25, 0.3) is 0 Å². The van der Waals surface area contributed by atoms with Crippen molar-refractivity contribution in [3.63, 3.8) is 0 Å². The van der Waals surface area contributed by atoms with Crippen LogP contribution in [0.4, 0.5) is 0 Å². The molecule has 0 atom stereocenters. The molecule has 0 radical (unpaired) electrons. The third-order valence-corrected chi connectivity index (χ3v) is 7.72. The molecule has 2 nitrogen and oxygen atoms in total. The largest absolute Gasteiger partial charge is 0.355 e. The molecule has 0 aliphatic carbocycles. The van der Waals surface area contributed by atoms with E-state index in [4.69, 9.17) is 0 Å². The van der Waals surface area contributed by atoms with Crippen LogP contribution >= 0.6 is 0 Å². The molecule has 0 unspecified atom stereocenters. The smallest absolute Gasteiger partial charge is 0.0541 e. The minimum Gasteiger partial charge on any atom is -0.355 e. The monoisotopic (exact) mass is 484 g/mol. The van der Waals surface area contributed by atoms with E-state index in [1.54, 1.807) is 0 Å². The van der Waals surface area contributed by atoms with Gasteiger partial charge in [0.1, 0.15) is 0 Å². The molecule has 0 spiro atoms. The number of benzene rings is 6. The van der Waals surface area contributed by atoms with E-state index in [-0.39, 0.29) is 0 Å². The van der Waals surface area contributed by atoms with Crippen molar-refractivity contribution in [3.8, 4) is 27.9 Å². The second kappa shape index (κ2) is 8.22. The fourth-order valence-electron chi connectivity index (χ4n) is 5.91. The van der Waals surface area contributed by atoms with Gasteiger partial charge in [-0.05, 0) is 70.8 Å². The number of H-pyrrole nitrogens is 1. The number of nitrogens with zero attached hydrogens (tertiary/aromatic N) is 1. The van der Waals surface area contributed by atoms with Crippen LogP contribution in [0.25, 0.3) is 71.6 Å². The Morgan fingerprint density at radius 3 is 1.66 bits per heavy atom. The highest BCUT2D eigenvalue weighted by molar-refractivity contribution is 6.11. The molecule has 178 valence electrons. The Morgan fingerprint density at radius 1 is 0.368 bits per heavy atom. The first-order valence-corrected chi connectivity index (χ1v) is 13.0. The minimum atomic E-state index is 1.15. The Hall–Kier alpha value is -5.08. The Kier molecular flexibility index (Phi) is 4.55. The molecule has 2 heterocycles. The summed E-state index contributed by atoms with van der Waals surface area (Å²) in [6.07, 6.45) is 0. The maximum atomic E-state index is 3.63. The normalized spacial score (nSPS) is 11.7. The van der Waals surface area contributed by atoms with Crippen LogP contribution in [0.2, 0.25) is 0 Å². The van der Waals surface area contributed by atoms with Gasteiger partial charge in [-0.25, -0.2) is 0 Å². The third kappa shape index (κ3) is 3.21. The van der Waals surface area contributed by atoms with Crippen LogP contribution in [-0.2, 0) is 0 Å². The fraction of sp³-hybridized carbons (Fsp3) is 0. The lowest BCUT2D eigenvalue weighted by Gasteiger charge is -2.09. The van der Waals surface area contributed by atoms with Gasteiger partial charge in [0, 0.05) is 38.3 Å². The topological polar surface area (TPSA) is 20.7 Å². The molecule has 2 aromatic heterocycles. The Morgan fingerprint density at radius 2 is 0.921 bits per heavy atom. The van der Waals surface area contributed by atoms with Gasteiger partial charge in [-0.3, -0.25) is 0 Å². The summed E-state index contributed by atoms with van der Waals surface area (Å²) in [7, 11) is 0. The molecule has 0 amide bonds. The first-order valence-electron chi connectivity index (χ1n) is 13.0. The summed E-state index contributed by atoms with van der Waals surface area (Å²) in [5, 5.41) is 5.04. The molecule has 0 saturated heterocycles. The number of nitrogens with one attached hydrogen (secondary N) is 1. The van der Waals surface area contributed by atoms with Gasteiger partial charge in [-0.15, -0.1) is 0 Å². The zero-order chi connectivity index (χ0) is 25.1. The van der Waals surface area contributed by atoms with Crippen molar-refractivity contribution in [1.82, 2.24) is 9.55 Å². The van der Waals surface area contributed by atoms with Crippen molar-refractivity contribution in [2.45, 2.75) is 0 Å². The molecule has 6 aromatic carbocycles. The lowest BCUT2D eigenvalue weighted by atomic mass is 9.98. The van der Waals surface area contributed by atoms with E-state index in [0.29, 0.717) is 0 Å². The van der Waals surface area contributed by atoms with Gasteiger partial charge in [0.15, 0.2) is 0 Å². The highest BCUT2D eigenvalue weighted by atomic mass is 15.0. The summed E-state index contributed by atoms with van der Waals surface area (Å²) in [6, 6.07) is 50.3. The van der Waals surface area contributed by atoms with Gasteiger partial charge in [-0.2, -0.15) is 0 Å². The average molecular weight is 485 g/mol. The summed E-state index contributed by atoms with van der Waals surface area (Å²) >= 11 is 0. The maximum Gasteiger partial charge on any atom is 0.0541 e. The van der Waals surface area contributed by atoms with Crippen molar-refractivity contribution < 1.29 is 0 Å². The average Bonchev–Trinajstić information content (AvgIpc) is 3.52. The summed E-state index contributed by atoms with van der Waals surface area (Å²) < 4.78 is 2.39. The number of aromatic nitrogens is 2. The molecule has 38 heavy (non-hydrogen) atoms. The number of para-hydroxylation sites is 2. The van der Waals surface area contributed by atoms with E-state index in [0.717, 1.165) is 11.0 Å². The van der Waals surface area contributed by atoms with E-state index in [2.05, 4.69) is 149 Å². The van der Waals surface area contributed by atoms with Crippen molar-refractivity contribution in [1.29, 1.82) is 0 Å². The Bertz CT molecular complexity index is 2070. The lowest BCUT2D eigenvalue weighted by molar-refractivity contribution is 1.19. The third-order valence-electron chi connectivity index (χ3n) is 7.72. The van der Waals surface area contributed by atoms with E-state index >= 15 is 0 Å². The first-order chi connectivity index (χ1) is 18.8. The van der Waals surface area contributed by atoms with Crippen LogP contribution in [0.5, 0.6) is 0 Å². The van der Waals surface area contributed by atoms with Gasteiger partial charge in [0.2, 0.25) is 0 Å². The summed E-state index contributed by atoms with van der Waals surface area (Å²) in [5.74, 6) is 0. The van der Waals surface area contributed by atoms with E-state index in [1.165, 1.54) is 60.5 Å². The van der Waals surface area contributed by atoms with Crippen LogP contribution in [-0.4, -0.2) is 9.55 Å². The van der Waals surface area contributed by atoms with Crippen molar-refractivity contribution in [3.05, 3.63) is 140 Å². The van der Waals surface area contributed by atoms with Gasteiger partial charge < -0.3 is 9.55 Å².